The van der Waals surface area contributed by atoms with Crippen molar-refractivity contribution >= 4 is 39.1 Å². The highest BCUT2D eigenvalue weighted by Gasteiger charge is 2.18. The number of benzene rings is 2. The molecule has 0 radical (unpaired) electrons. The number of aryl methyl sites for hydroxylation is 2. The maximum atomic E-state index is 13.2. The van der Waals surface area contributed by atoms with E-state index in [1.165, 1.54) is 17.3 Å². The molecule has 6 heteroatoms. The molecule has 0 bridgehead atoms. The van der Waals surface area contributed by atoms with Crippen molar-refractivity contribution < 1.29 is 4.79 Å². The van der Waals surface area contributed by atoms with Crippen molar-refractivity contribution in [2.45, 2.75) is 25.8 Å². The third-order valence-electron chi connectivity index (χ3n) is 5.71. The molecule has 0 atom stereocenters. The zero-order valence-corrected chi connectivity index (χ0v) is 20.3. The fourth-order valence-corrected chi connectivity index (χ4v) is 5.97. The zero-order chi connectivity index (χ0) is 22.9. The van der Waals surface area contributed by atoms with E-state index in [1.807, 2.05) is 38.1 Å². The molecule has 0 N–H and O–H groups in total. The average molecular weight is 470 g/mol. The highest BCUT2D eigenvalue weighted by Crippen LogP contribution is 2.36. The number of carbonyl (C=O) groups is 1. The van der Waals surface area contributed by atoms with Gasteiger partial charge in [0, 0.05) is 32.9 Å². The third-order valence-corrected chi connectivity index (χ3v) is 7.81. The molecule has 3 aromatic heterocycles. The molecule has 3 heterocycles. The van der Waals surface area contributed by atoms with Gasteiger partial charge < -0.3 is 4.57 Å². The quantitative estimate of drug-likeness (QED) is 0.152. The Balaban J connectivity index is 1.39. The number of rotatable bonds is 6. The molecule has 5 rings (SSSR count). The third kappa shape index (κ3) is 4.24. The van der Waals surface area contributed by atoms with Gasteiger partial charge in [0.15, 0.2) is 5.78 Å². The Kier molecular flexibility index (Phi) is 5.87. The number of thioether (sulfide) groups is 1. The molecular weight excluding hydrogens is 446 g/mol. The lowest BCUT2D eigenvalue weighted by Gasteiger charge is -2.10. The van der Waals surface area contributed by atoms with Gasteiger partial charge in [0.1, 0.15) is 16.2 Å². The van der Waals surface area contributed by atoms with Crippen LogP contribution in [0.25, 0.3) is 26.3 Å². The van der Waals surface area contributed by atoms with Crippen molar-refractivity contribution in [3.05, 3.63) is 95.6 Å². The number of carbonyl (C=O) groups excluding carboxylic acids is 1. The molecule has 0 saturated heterocycles. The highest BCUT2D eigenvalue weighted by molar-refractivity contribution is 8.00. The Morgan fingerprint density at radius 3 is 2.48 bits per heavy atom. The SMILES string of the molecule is Cc1ccc(-n2c(C)cc(C(=O)CSc3ncnc4sc(-c5ccccc5)cc34)c2C)cc1. The number of hydrogen-bond donors (Lipinski definition) is 0. The van der Waals surface area contributed by atoms with E-state index in [1.54, 1.807) is 17.7 Å². The van der Waals surface area contributed by atoms with Crippen LogP contribution in [0.5, 0.6) is 0 Å². The van der Waals surface area contributed by atoms with Gasteiger partial charge in [-0.3, -0.25) is 4.79 Å². The van der Waals surface area contributed by atoms with Gasteiger partial charge in [-0.25, -0.2) is 9.97 Å². The van der Waals surface area contributed by atoms with Crippen LogP contribution in [0.4, 0.5) is 0 Å². The lowest BCUT2D eigenvalue weighted by molar-refractivity contribution is 0.102. The minimum absolute atomic E-state index is 0.108. The van der Waals surface area contributed by atoms with Gasteiger partial charge in [-0.05, 0) is 50.6 Å². The maximum absolute atomic E-state index is 13.2. The van der Waals surface area contributed by atoms with Crippen molar-refractivity contribution in [2.24, 2.45) is 0 Å². The predicted molar refractivity (Wildman–Crippen MR) is 138 cm³/mol. The summed E-state index contributed by atoms with van der Waals surface area (Å²) in [6.45, 7) is 6.13. The van der Waals surface area contributed by atoms with Crippen molar-refractivity contribution in [1.82, 2.24) is 14.5 Å². The second-order valence-electron chi connectivity index (χ2n) is 8.04. The first kappa shape index (κ1) is 21.6. The van der Waals surface area contributed by atoms with E-state index in [-0.39, 0.29) is 5.78 Å². The Morgan fingerprint density at radius 1 is 0.970 bits per heavy atom. The molecule has 0 aliphatic rings. The van der Waals surface area contributed by atoms with Crippen LogP contribution in [-0.4, -0.2) is 26.1 Å². The van der Waals surface area contributed by atoms with Gasteiger partial charge in [-0.1, -0.05) is 59.8 Å². The Bertz CT molecular complexity index is 1450. The molecule has 0 spiro atoms. The first-order valence-corrected chi connectivity index (χ1v) is 12.5. The van der Waals surface area contributed by atoms with Crippen LogP contribution in [-0.2, 0) is 0 Å². The summed E-state index contributed by atoms with van der Waals surface area (Å²) in [6.07, 6.45) is 1.59. The summed E-state index contributed by atoms with van der Waals surface area (Å²) in [4.78, 5) is 24.2. The average Bonchev–Trinajstić information content (AvgIpc) is 3.40. The molecule has 5 aromatic rings. The number of hydrogen-bond acceptors (Lipinski definition) is 5. The topological polar surface area (TPSA) is 47.8 Å². The second-order valence-corrected chi connectivity index (χ2v) is 10.0. The first-order valence-electron chi connectivity index (χ1n) is 10.7. The normalized spacial score (nSPS) is 11.2. The first-order chi connectivity index (χ1) is 16.0. The molecule has 0 aliphatic carbocycles. The van der Waals surface area contributed by atoms with Crippen molar-refractivity contribution in [3.63, 3.8) is 0 Å². The van der Waals surface area contributed by atoms with Gasteiger partial charge in [-0.15, -0.1) is 11.3 Å². The van der Waals surface area contributed by atoms with Gasteiger partial charge in [-0.2, -0.15) is 0 Å². The number of ketones is 1. The monoisotopic (exact) mass is 469 g/mol. The summed E-state index contributed by atoms with van der Waals surface area (Å²) < 4.78 is 2.14. The number of aromatic nitrogens is 3. The minimum atomic E-state index is 0.108. The molecule has 0 amide bonds. The molecule has 4 nitrogen and oxygen atoms in total. The fourth-order valence-electron chi connectivity index (χ4n) is 4.04. The number of thiophene rings is 1. The van der Waals surface area contributed by atoms with Crippen LogP contribution >= 0.6 is 23.1 Å². The lowest BCUT2D eigenvalue weighted by atomic mass is 10.2. The van der Waals surface area contributed by atoms with Crippen LogP contribution in [0.2, 0.25) is 0 Å². The van der Waals surface area contributed by atoms with E-state index in [4.69, 9.17) is 0 Å². The van der Waals surface area contributed by atoms with E-state index in [0.29, 0.717) is 5.75 Å². The van der Waals surface area contributed by atoms with E-state index in [2.05, 4.69) is 63.9 Å². The Morgan fingerprint density at radius 2 is 1.73 bits per heavy atom. The van der Waals surface area contributed by atoms with E-state index in [0.717, 1.165) is 48.3 Å². The smallest absolute Gasteiger partial charge is 0.174 e. The van der Waals surface area contributed by atoms with E-state index in [9.17, 15) is 4.79 Å². The van der Waals surface area contributed by atoms with Crippen LogP contribution < -0.4 is 0 Å². The zero-order valence-electron chi connectivity index (χ0n) is 18.7. The fraction of sp³-hybridized carbons (Fsp3) is 0.148. The summed E-state index contributed by atoms with van der Waals surface area (Å²) in [5, 5.41) is 1.85. The largest absolute Gasteiger partial charge is 0.318 e. The van der Waals surface area contributed by atoms with Gasteiger partial charge in [0.05, 0.1) is 5.75 Å². The number of Topliss-reactive ketones (excluding diaryl/α,β-unsaturated/α-hetero) is 1. The molecule has 33 heavy (non-hydrogen) atoms. The van der Waals surface area contributed by atoms with Gasteiger partial charge in [0.25, 0.3) is 0 Å². The molecule has 0 saturated carbocycles. The van der Waals surface area contributed by atoms with Crippen LogP contribution in [0.1, 0.15) is 27.3 Å². The van der Waals surface area contributed by atoms with Crippen LogP contribution in [0.15, 0.2) is 78.1 Å². The van der Waals surface area contributed by atoms with Crippen molar-refractivity contribution in [2.75, 3.05) is 5.75 Å². The molecular formula is C27H23N3OS2. The lowest BCUT2D eigenvalue weighted by Crippen LogP contribution is -2.06. The summed E-state index contributed by atoms with van der Waals surface area (Å²) >= 11 is 3.13. The molecule has 0 fully saturated rings. The summed E-state index contributed by atoms with van der Waals surface area (Å²) in [6, 6.07) is 22.8. The second kappa shape index (κ2) is 8.96. The van der Waals surface area contributed by atoms with Gasteiger partial charge in [0.2, 0.25) is 0 Å². The standard InChI is InChI=1S/C27H23N3OS2/c1-17-9-11-21(12-10-17)30-18(2)13-22(19(30)3)24(31)15-32-26-23-14-25(20-7-5-4-6-8-20)33-27(23)29-16-28-26/h4-14,16H,15H2,1-3H3. The summed E-state index contributed by atoms with van der Waals surface area (Å²) in [5.74, 6) is 0.442. The minimum Gasteiger partial charge on any atom is -0.318 e. The van der Waals surface area contributed by atoms with E-state index >= 15 is 0 Å². The predicted octanol–water partition coefficient (Wildman–Crippen LogP) is 7.05. The summed E-state index contributed by atoms with van der Waals surface area (Å²) in [5.41, 5.74) is 6.24. The Hall–Kier alpha value is -3.22. The van der Waals surface area contributed by atoms with Crippen LogP contribution in [0.3, 0.4) is 0 Å². The molecule has 2 aromatic carbocycles. The molecule has 0 unspecified atom stereocenters. The van der Waals surface area contributed by atoms with E-state index < -0.39 is 0 Å². The van der Waals surface area contributed by atoms with Crippen molar-refractivity contribution in [1.29, 1.82) is 0 Å². The number of fused-ring (bicyclic) bond motifs is 1. The highest BCUT2D eigenvalue weighted by atomic mass is 32.2. The van der Waals surface area contributed by atoms with Crippen LogP contribution in [0, 0.1) is 20.8 Å². The summed E-state index contributed by atoms with van der Waals surface area (Å²) in [7, 11) is 0. The number of nitrogens with zero attached hydrogens (tertiary/aromatic N) is 3. The van der Waals surface area contributed by atoms with Gasteiger partial charge >= 0.3 is 0 Å². The maximum Gasteiger partial charge on any atom is 0.174 e. The Labute approximate surface area is 201 Å². The molecule has 0 aliphatic heterocycles. The van der Waals surface area contributed by atoms with Crippen molar-refractivity contribution in [3.8, 4) is 16.1 Å². The molecule has 164 valence electrons.